The predicted molar refractivity (Wildman–Crippen MR) is 116 cm³/mol. The van der Waals surface area contributed by atoms with Gasteiger partial charge in [0, 0.05) is 25.3 Å². The fraction of sp³-hybridized carbons (Fsp3) is 0.435. The summed E-state index contributed by atoms with van der Waals surface area (Å²) in [7, 11) is 1.32. The number of carbonyl (C=O) groups excluding carboxylic acids is 2. The lowest BCUT2D eigenvalue weighted by molar-refractivity contribution is -0.149. The summed E-state index contributed by atoms with van der Waals surface area (Å²) >= 11 is 5.86. The van der Waals surface area contributed by atoms with E-state index in [9.17, 15) is 23.9 Å². The van der Waals surface area contributed by atoms with Crippen LogP contribution in [0.15, 0.2) is 23.0 Å². The molecule has 2 aromatic rings. The minimum Gasteiger partial charge on any atom is -0.502 e. The first-order valence-corrected chi connectivity index (χ1v) is 11.2. The molecule has 1 aromatic heterocycles. The largest absolute Gasteiger partial charge is 0.502 e. The molecule has 2 aliphatic heterocycles. The molecule has 8 nitrogen and oxygen atoms in total. The maximum atomic E-state index is 13.5. The number of nitrogens with zero attached hydrogens (tertiary/aromatic N) is 2. The number of hydrogen-bond donors (Lipinski definition) is 2. The number of amides is 1. The van der Waals surface area contributed by atoms with Crippen LogP contribution in [0, 0.1) is 11.7 Å². The predicted octanol–water partition coefficient (Wildman–Crippen LogP) is 2.27. The molecule has 33 heavy (non-hydrogen) atoms. The number of carbonyl (C=O) groups is 2. The van der Waals surface area contributed by atoms with Crippen LogP contribution < -0.4 is 10.9 Å². The van der Waals surface area contributed by atoms with Gasteiger partial charge in [0.05, 0.1) is 23.6 Å². The highest BCUT2D eigenvalue weighted by Crippen LogP contribution is 2.45. The molecule has 1 spiro atoms. The number of rotatable bonds is 3. The molecule has 174 valence electrons. The van der Waals surface area contributed by atoms with Gasteiger partial charge < -0.3 is 14.7 Å². The second-order valence-corrected chi connectivity index (χ2v) is 9.17. The van der Waals surface area contributed by atoms with E-state index in [-0.39, 0.29) is 17.1 Å². The normalized spacial score (nSPS) is 23.7. The van der Waals surface area contributed by atoms with Crippen LogP contribution in [0.4, 0.5) is 4.39 Å². The third kappa shape index (κ3) is 3.17. The van der Waals surface area contributed by atoms with Crippen molar-refractivity contribution in [1.82, 2.24) is 14.8 Å². The Kier molecular flexibility index (Phi) is 5.21. The van der Waals surface area contributed by atoms with Crippen LogP contribution in [-0.2, 0) is 34.7 Å². The highest BCUT2D eigenvalue weighted by Gasteiger charge is 2.54. The number of aromatic hydroxyl groups is 1. The van der Waals surface area contributed by atoms with E-state index in [0.717, 1.165) is 6.42 Å². The number of aromatic nitrogens is 1. The summed E-state index contributed by atoms with van der Waals surface area (Å²) in [6.45, 7) is 0.841. The van der Waals surface area contributed by atoms with E-state index in [1.165, 1.54) is 28.7 Å². The third-order valence-corrected chi connectivity index (χ3v) is 7.42. The molecule has 2 atom stereocenters. The van der Waals surface area contributed by atoms with E-state index in [1.807, 2.05) is 0 Å². The minimum absolute atomic E-state index is 0.00262. The molecular weight excluding hydrogens is 453 g/mol. The van der Waals surface area contributed by atoms with Crippen LogP contribution in [0.3, 0.4) is 0 Å². The van der Waals surface area contributed by atoms with Crippen LogP contribution in [-0.4, -0.2) is 40.1 Å². The number of methoxy groups -OCH3 is 1. The maximum Gasteiger partial charge on any atom is 0.312 e. The van der Waals surface area contributed by atoms with E-state index in [2.05, 4.69) is 5.32 Å². The van der Waals surface area contributed by atoms with E-state index in [4.69, 9.17) is 16.3 Å². The fourth-order valence-corrected chi connectivity index (χ4v) is 5.82. The lowest BCUT2D eigenvalue weighted by Gasteiger charge is -2.34. The minimum atomic E-state index is -0.961. The van der Waals surface area contributed by atoms with E-state index in [1.54, 1.807) is 6.07 Å². The lowest BCUT2D eigenvalue weighted by Crippen LogP contribution is -2.52. The Hall–Kier alpha value is -2.91. The Morgan fingerprint density at radius 3 is 2.91 bits per heavy atom. The van der Waals surface area contributed by atoms with Gasteiger partial charge in [0.15, 0.2) is 5.75 Å². The van der Waals surface area contributed by atoms with Crippen LogP contribution in [0.1, 0.15) is 46.4 Å². The average Bonchev–Trinajstić information content (AvgIpc) is 3.40. The van der Waals surface area contributed by atoms with Gasteiger partial charge >= 0.3 is 5.97 Å². The molecule has 1 saturated carbocycles. The standard InChI is InChI=1S/C23H23ClFN3O5/c1-33-22(32)14-3-2-7-23(14)26-10-17-13-6-8-27(11-12-4-5-16(25)15(24)9-12)20(30)18(13)19(29)21(31)28(17)23/h4-5,9,14,26,29H,2-3,6-8,10-11H2,1H3. The van der Waals surface area contributed by atoms with Crippen molar-refractivity contribution in [2.24, 2.45) is 5.92 Å². The van der Waals surface area contributed by atoms with Gasteiger partial charge in [-0.25, -0.2) is 4.39 Å². The van der Waals surface area contributed by atoms with Crippen molar-refractivity contribution in [3.8, 4) is 5.75 Å². The number of esters is 1. The van der Waals surface area contributed by atoms with E-state index >= 15 is 0 Å². The van der Waals surface area contributed by atoms with Crippen LogP contribution in [0.25, 0.3) is 0 Å². The molecule has 0 saturated heterocycles. The molecule has 1 aromatic carbocycles. The number of hydrogen-bond acceptors (Lipinski definition) is 6. The van der Waals surface area contributed by atoms with Gasteiger partial charge in [0.2, 0.25) is 0 Å². The van der Waals surface area contributed by atoms with E-state index < -0.39 is 40.6 Å². The summed E-state index contributed by atoms with van der Waals surface area (Å²) in [6.07, 6.45) is 2.27. The van der Waals surface area contributed by atoms with Crippen LogP contribution in [0.5, 0.6) is 5.75 Å². The van der Waals surface area contributed by atoms with Gasteiger partial charge in [0.1, 0.15) is 11.5 Å². The topological polar surface area (TPSA) is 101 Å². The molecule has 1 aliphatic carbocycles. The molecule has 0 radical (unpaired) electrons. The van der Waals surface area contributed by atoms with Crippen molar-refractivity contribution in [2.45, 2.75) is 44.4 Å². The zero-order valence-corrected chi connectivity index (χ0v) is 18.7. The second kappa shape index (κ2) is 7.85. The summed E-state index contributed by atoms with van der Waals surface area (Å²) in [5, 5.41) is 14.2. The molecular formula is C23H23ClFN3O5. The number of fused-ring (bicyclic) bond motifs is 4. The Labute approximate surface area is 193 Å². The summed E-state index contributed by atoms with van der Waals surface area (Å²) in [5.74, 6) is -2.59. The number of nitrogens with one attached hydrogen (secondary N) is 1. The quantitative estimate of drug-likeness (QED) is 0.660. The van der Waals surface area contributed by atoms with Gasteiger partial charge in [0.25, 0.3) is 11.5 Å². The highest BCUT2D eigenvalue weighted by atomic mass is 35.5. The van der Waals surface area contributed by atoms with Crippen molar-refractivity contribution in [2.75, 3.05) is 13.7 Å². The average molecular weight is 476 g/mol. The van der Waals surface area contributed by atoms with Crippen LogP contribution in [0.2, 0.25) is 5.02 Å². The third-order valence-electron chi connectivity index (χ3n) is 7.13. The van der Waals surface area contributed by atoms with Gasteiger partial charge in [-0.1, -0.05) is 17.7 Å². The van der Waals surface area contributed by atoms with Crippen molar-refractivity contribution < 1.29 is 23.8 Å². The van der Waals surface area contributed by atoms with Gasteiger partial charge in [-0.15, -0.1) is 0 Å². The number of pyridine rings is 1. The molecule has 3 aliphatic rings. The number of benzene rings is 1. The molecule has 3 heterocycles. The fourth-order valence-electron chi connectivity index (χ4n) is 5.62. The molecule has 10 heteroatoms. The first-order chi connectivity index (χ1) is 15.8. The van der Waals surface area contributed by atoms with Crippen LogP contribution >= 0.6 is 11.6 Å². The molecule has 5 rings (SSSR count). The Balaban J connectivity index is 1.55. The number of halogens is 2. The first kappa shape index (κ1) is 21.9. The summed E-state index contributed by atoms with van der Waals surface area (Å²) in [4.78, 5) is 40.6. The Morgan fingerprint density at radius 2 is 2.18 bits per heavy atom. The SMILES string of the molecule is COC(=O)C1CCCC12NCc1c3c(c(O)c(=O)n12)C(=O)N(Cc1ccc(F)c(Cl)c1)CC3. The molecule has 2 unspecified atom stereocenters. The Bertz CT molecular complexity index is 1250. The molecule has 0 bridgehead atoms. The maximum absolute atomic E-state index is 13.5. The number of ether oxygens (including phenoxy) is 1. The first-order valence-electron chi connectivity index (χ1n) is 10.8. The van der Waals surface area contributed by atoms with Crippen molar-refractivity contribution in [3.63, 3.8) is 0 Å². The van der Waals surface area contributed by atoms with Crippen molar-refractivity contribution >= 4 is 23.5 Å². The lowest BCUT2D eigenvalue weighted by atomic mass is 9.93. The smallest absolute Gasteiger partial charge is 0.312 e. The summed E-state index contributed by atoms with van der Waals surface area (Å²) in [5.41, 5.74) is 0.230. The Morgan fingerprint density at radius 1 is 1.39 bits per heavy atom. The molecule has 2 N–H and O–H groups in total. The monoisotopic (exact) mass is 475 g/mol. The van der Waals surface area contributed by atoms with Gasteiger partial charge in [-0.3, -0.25) is 24.3 Å². The van der Waals surface area contributed by atoms with E-state index in [0.29, 0.717) is 49.2 Å². The van der Waals surface area contributed by atoms with Crippen molar-refractivity contribution in [3.05, 3.63) is 61.8 Å². The summed E-state index contributed by atoms with van der Waals surface area (Å²) < 4.78 is 19.9. The van der Waals surface area contributed by atoms with Gasteiger partial charge in [-0.05, 0) is 48.9 Å². The summed E-state index contributed by atoms with van der Waals surface area (Å²) in [6, 6.07) is 4.24. The van der Waals surface area contributed by atoms with Crippen molar-refractivity contribution in [1.29, 1.82) is 0 Å². The molecule has 1 amide bonds. The van der Waals surface area contributed by atoms with Gasteiger partial charge in [-0.2, -0.15) is 0 Å². The molecule has 1 fully saturated rings. The zero-order valence-electron chi connectivity index (χ0n) is 18.0. The highest BCUT2D eigenvalue weighted by molar-refractivity contribution is 6.30. The second-order valence-electron chi connectivity index (χ2n) is 8.76. The zero-order chi connectivity index (χ0) is 23.5.